The van der Waals surface area contributed by atoms with Crippen molar-refractivity contribution in [2.24, 2.45) is 0 Å². The molecule has 1 aromatic carbocycles. The number of benzene rings is 1. The summed E-state index contributed by atoms with van der Waals surface area (Å²) in [5.74, 6) is -1.37. The number of anilines is 2. The zero-order valence-electron chi connectivity index (χ0n) is 11.2. The number of nitrogens with one attached hydrogen (secondary N) is 1. The Balaban J connectivity index is 1.95. The Bertz CT molecular complexity index is 571. The molecule has 1 heterocycles. The van der Waals surface area contributed by atoms with E-state index >= 15 is 0 Å². The molecular formula is C13H15ClN4O3. The van der Waals surface area contributed by atoms with E-state index in [0.717, 1.165) is 6.41 Å². The largest absolute Gasteiger partial charge is 0.398 e. The van der Waals surface area contributed by atoms with Gasteiger partial charge in [-0.15, -0.1) is 0 Å². The number of rotatable bonds is 2. The number of nitrogens with zero attached hydrogens (tertiary/aromatic N) is 2. The fourth-order valence-electron chi connectivity index (χ4n) is 1.96. The van der Waals surface area contributed by atoms with E-state index in [4.69, 9.17) is 17.3 Å². The van der Waals surface area contributed by atoms with Gasteiger partial charge in [0.2, 0.25) is 6.41 Å². The lowest BCUT2D eigenvalue weighted by atomic mass is 10.2. The lowest BCUT2D eigenvalue weighted by Crippen LogP contribution is -2.51. The van der Waals surface area contributed by atoms with Gasteiger partial charge in [0.15, 0.2) is 0 Å². The molecule has 112 valence electrons. The highest BCUT2D eigenvalue weighted by molar-refractivity contribution is 6.40. The van der Waals surface area contributed by atoms with Crippen molar-refractivity contribution in [2.75, 3.05) is 37.2 Å². The summed E-state index contributed by atoms with van der Waals surface area (Å²) in [7, 11) is 0. The van der Waals surface area contributed by atoms with E-state index in [2.05, 4.69) is 5.32 Å². The van der Waals surface area contributed by atoms with Crippen LogP contribution in [0.2, 0.25) is 5.02 Å². The number of hydrogen-bond donors (Lipinski definition) is 2. The van der Waals surface area contributed by atoms with Gasteiger partial charge in [0.05, 0.1) is 10.7 Å². The first kappa shape index (κ1) is 15.1. The summed E-state index contributed by atoms with van der Waals surface area (Å²) in [5.41, 5.74) is 6.37. The maximum absolute atomic E-state index is 12.0. The van der Waals surface area contributed by atoms with Crippen molar-refractivity contribution < 1.29 is 14.4 Å². The molecule has 0 radical (unpaired) electrons. The van der Waals surface area contributed by atoms with Crippen LogP contribution >= 0.6 is 11.6 Å². The topological polar surface area (TPSA) is 95.7 Å². The summed E-state index contributed by atoms with van der Waals surface area (Å²) in [4.78, 5) is 37.5. The highest BCUT2D eigenvalue weighted by Gasteiger charge is 2.25. The molecule has 0 aliphatic carbocycles. The second-order valence-corrected chi connectivity index (χ2v) is 5.03. The molecule has 1 aliphatic heterocycles. The van der Waals surface area contributed by atoms with Gasteiger partial charge in [-0.2, -0.15) is 0 Å². The van der Waals surface area contributed by atoms with Crippen molar-refractivity contribution >= 4 is 41.2 Å². The predicted octanol–water partition coefficient (Wildman–Crippen LogP) is 0.161. The quantitative estimate of drug-likeness (QED) is 0.462. The van der Waals surface area contributed by atoms with Gasteiger partial charge < -0.3 is 20.9 Å². The second kappa shape index (κ2) is 6.45. The summed E-state index contributed by atoms with van der Waals surface area (Å²) in [6.07, 6.45) is 0.734. The average molecular weight is 311 g/mol. The van der Waals surface area contributed by atoms with Crippen LogP contribution in [0.15, 0.2) is 18.2 Å². The molecule has 1 fully saturated rings. The van der Waals surface area contributed by atoms with Crippen LogP contribution in [0.4, 0.5) is 11.4 Å². The van der Waals surface area contributed by atoms with Crippen molar-refractivity contribution in [3.05, 3.63) is 23.2 Å². The molecule has 0 saturated carbocycles. The highest BCUT2D eigenvalue weighted by Crippen LogP contribution is 2.22. The maximum Gasteiger partial charge on any atom is 0.313 e. The van der Waals surface area contributed by atoms with E-state index in [0.29, 0.717) is 42.6 Å². The zero-order valence-corrected chi connectivity index (χ0v) is 12.0. The van der Waals surface area contributed by atoms with Crippen molar-refractivity contribution in [1.29, 1.82) is 0 Å². The molecule has 1 aromatic rings. The molecule has 8 heteroatoms. The summed E-state index contributed by atoms with van der Waals surface area (Å²) in [6, 6.07) is 4.59. The molecular weight excluding hydrogens is 296 g/mol. The van der Waals surface area contributed by atoms with E-state index in [1.807, 2.05) is 0 Å². The molecule has 0 unspecified atom stereocenters. The molecule has 3 N–H and O–H groups in total. The highest BCUT2D eigenvalue weighted by atomic mass is 35.5. The van der Waals surface area contributed by atoms with Gasteiger partial charge in [-0.25, -0.2) is 0 Å². The molecule has 0 bridgehead atoms. The Morgan fingerprint density at radius 2 is 1.90 bits per heavy atom. The molecule has 1 aliphatic rings. The van der Waals surface area contributed by atoms with Crippen molar-refractivity contribution in [3.8, 4) is 0 Å². The monoisotopic (exact) mass is 310 g/mol. The van der Waals surface area contributed by atoms with Gasteiger partial charge in [0.25, 0.3) is 0 Å². The lowest BCUT2D eigenvalue weighted by molar-refractivity contribution is -0.144. The van der Waals surface area contributed by atoms with Crippen LogP contribution in [0.3, 0.4) is 0 Å². The third kappa shape index (κ3) is 3.63. The summed E-state index contributed by atoms with van der Waals surface area (Å²) in [6.45, 7) is 1.54. The second-order valence-electron chi connectivity index (χ2n) is 4.62. The van der Waals surface area contributed by atoms with Crippen LogP contribution < -0.4 is 11.1 Å². The fraction of sp³-hybridized carbons (Fsp3) is 0.308. The smallest absolute Gasteiger partial charge is 0.313 e. The Morgan fingerprint density at radius 3 is 2.48 bits per heavy atom. The van der Waals surface area contributed by atoms with Crippen LogP contribution in [0.5, 0.6) is 0 Å². The number of carbonyl (C=O) groups excluding carboxylic acids is 3. The Morgan fingerprint density at radius 1 is 1.24 bits per heavy atom. The summed E-state index contributed by atoms with van der Waals surface area (Å²) in [5, 5.41) is 2.78. The number of carbonyl (C=O) groups is 3. The maximum atomic E-state index is 12.0. The third-order valence-electron chi connectivity index (χ3n) is 3.20. The minimum absolute atomic E-state index is 0.305. The molecule has 0 spiro atoms. The minimum atomic E-state index is -0.740. The van der Waals surface area contributed by atoms with Gasteiger partial charge in [0.1, 0.15) is 0 Å². The van der Waals surface area contributed by atoms with Crippen LogP contribution in [0.1, 0.15) is 0 Å². The Hall–Kier alpha value is -2.28. The third-order valence-corrected chi connectivity index (χ3v) is 3.53. The number of piperazine rings is 1. The van der Waals surface area contributed by atoms with Gasteiger partial charge in [-0.3, -0.25) is 14.4 Å². The van der Waals surface area contributed by atoms with Gasteiger partial charge in [0, 0.05) is 31.9 Å². The summed E-state index contributed by atoms with van der Waals surface area (Å²) >= 11 is 5.85. The molecule has 2 rings (SSSR count). The average Bonchev–Trinajstić information content (AvgIpc) is 2.50. The van der Waals surface area contributed by atoms with E-state index < -0.39 is 11.8 Å². The van der Waals surface area contributed by atoms with Gasteiger partial charge >= 0.3 is 11.8 Å². The molecule has 0 atom stereocenters. The standard InChI is InChI=1S/C13H15ClN4O3/c14-10-7-9(1-2-11(10)15)16-12(20)13(21)18-5-3-17(8-19)4-6-18/h1-2,7-8H,3-6,15H2,(H,16,20). The number of halogens is 1. The van der Waals surface area contributed by atoms with Crippen molar-refractivity contribution in [1.82, 2.24) is 9.80 Å². The van der Waals surface area contributed by atoms with E-state index in [1.54, 1.807) is 17.0 Å². The first-order valence-electron chi connectivity index (χ1n) is 6.36. The van der Waals surface area contributed by atoms with Crippen LogP contribution in [0.25, 0.3) is 0 Å². The normalized spacial score (nSPS) is 14.7. The molecule has 21 heavy (non-hydrogen) atoms. The predicted molar refractivity (Wildman–Crippen MR) is 78.7 cm³/mol. The van der Waals surface area contributed by atoms with Crippen molar-refractivity contribution in [3.63, 3.8) is 0 Å². The minimum Gasteiger partial charge on any atom is -0.398 e. The van der Waals surface area contributed by atoms with Gasteiger partial charge in [-0.1, -0.05) is 11.6 Å². The van der Waals surface area contributed by atoms with E-state index in [9.17, 15) is 14.4 Å². The molecule has 3 amide bonds. The Kier molecular flexibility index (Phi) is 4.64. The molecule has 0 aromatic heterocycles. The van der Waals surface area contributed by atoms with E-state index in [1.165, 1.54) is 11.0 Å². The SMILES string of the molecule is Nc1ccc(NC(=O)C(=O)N2CCN(C=O)CC2)cc1Cl. The summed E-state index contributed by atoms with van der Waals surface area (Å²) < 4.78 is 0. The van der Waals surface area contributed by atoms with Crippen molar-refractivity contribution in [2.45, 2.75) is 0 Å². The number of nitrogens with two attached hydrogens (primary N) is 1. The van der Waals surface area contributed by atoms with Crippen LogP contribution in [0, 0.1) is 0 Å². The first-order valence-corrected chi connectivity index (χ1v) is 6.73. The molecule has 1 saturated heterocycles. The number of amides is 3. The number of hydrogen-bond acceptors (Lipinski definition) is 4. The van der Waals surface area contributed by atoms with Crippen LogP contribution in [-0.4, -0.2) is 54.2 Å². The fourth-order valence-corrected chi connectivity index (χ4v) is 2.14. The first-order chi connectivity index (χ1) is 10.0. The zero-order chi connectivity index (χ0) is 15.4. The van der Waals surface area contributed by atoms with E-state index in [-0.39, 0.29) is 0 Å². The molecule has 7 nitrogen and oxygen atoms in total. The van der Waals surface area contributed by atoms with Crippen LogP contribution in [-0.2, 0) is 14.4 Å². The number of nitrogen functional groups attached to an aromatic ring is 1. The lowest BCUT2D eigenvalue weighted by Gasteiger charge is -2.31. The van der Waals surface area contributed by atoms with Gasteiger partial charge in [-0.05, 0) is 18.2 Å². The Labute approximate surface area is 126 Å².